The summed E-state index contributed by atoms with van der Waals surface area (Å²) in [5.41, 5.74) is 6.75. The first kappa shape index (κ1) is 24.8. The number of hydrogen-bond acceptors (Lipinski definition) is 5. The SMILES string of the molecule is COCCCn1cc(CN(C(=O)C2CNCC(NC(=O)C3(C(N)=O)CC3)C2)C2CC2)c2ccccc21. The van der Waals surface area contributed by atoms with Crippen LogP contribution in [0.1, 0.15) is 44.1 Å². The standard InChI is InChI=1S/C27H37N5O4/c1-36-12-4-11-31-16-19(22-5-2-3-6-23(22)31)17-32(21-7-8-21)24(33)18-13-20(15-29-14-18)30-26(35)27(9-10-27)25(28)34/h2-3,5-6,16,18,20-21,29H,4,7-15,17H2,1H3,(H2,28,34)(H,30,35). The second-order valence-electron chi connectivity index (χ2n) is 10.6. The maximum absolute atomic E-state index is 13.8. The summed E-state index contributed by atoms with van der Waals surface area (Å²) in [5.74, 6) is -0.937. The molecule has 2 saturated carbocycles. The highest BCUT2D eigenvalue weighted by Crippen LogP contribution is 2.45. The van der Waals surface area contributed by atoms with Crippen LogP contribution in [0.15, 0.2) is 30.5 Å². The number of ether oxygens (including phenoxy) is 1. The Morgan fingerprint density at radius 3 is 2.69 bits per heavy atom. The molecular weight excluding hydrogens is 458 g/mol. The predicted molar refractivity (Wildman–Crippen MR) is 136 cm³/mol. The summed E-state index contributed by atoms with van der Waals surface area (Å²) in [5, 5.41) is 7.49. The maximum atomic E-state index is 13.8. The Balaban J connectivity index is 1.28. The molecule has 3 fully saturated rings. The van der Waals surface area contributed by atoms with Crippen LogP contribution < -0.4 is 16.4 Å². The Hall–Kier alpha value is -2.91. The molecule has 9 heteroatoms. The summed E-state index contributed by atoms with van der Waals surface area (Å²) >= 11 is 0. The van der Waals surface area contributed by atoms with E-state index in [2.05, 4.69) is 39.6 Å². The molecular formula is C27H37N5O4. The highest BCUT2D eigenvalue weighted by Gasteiger charge is 2.55. The smallest absolute Gasteiger partial charge is 0.235 e. The van der Waals surface area contributed by atoms with Gasteiger partial charge in [-0.25, -0.2) is 0 Å². The number of para-hydroxylation sites is 1. The third kappa shape index (κ3) is 4.99. The predicted octanol–water partition coefficient (Wildman–Crippen LogP) is 1.53. The zero-order valence-corrected chi connectivity index (χ0v) is 21.0. The Morgan fingerprint density at radius 2 is 2.00 bits per heavy atom. The number of rotatable bonds is 11. The molecule has 0 bridgehead atoms. The fourth-order valence-corrected chi connectivity index (χ4v) is 5.48. The number of nitrogens with zero attached hydrogens (tertiary/aromatic N) is 2. The van der Waals surface area contributed by atoms with Crippen molar-refractivity contribution in [3.63, 3.8) is 0 Å². The number of aryl methyl sites for hydroxylation is 1. The van der Waals surface area contributed by atoms with Crippen LogP contribution in [0.5, 0.6) is 0 Å². The topological polar surface area (TPSA) is 119 Å². The van der Waals surface area contributed by atoms with Crippen LogP contribution in [-0.2, 0) is 32.2 Å². The van der Waals surface area contributed by atoms with Crippen molar-refractivity contribution in [2.45, 2.75) is 63.7 Å². The fourth-order valence-electron chi connectivity index (χ4n) is 5.48. The zero-order valence-electron chi connectivity index (χ0n) is 21.0. The van der Waals surface area contributed by atoms with E-state index in [0.717, 1.165) is 31.4 Å². The van der Waals surface area contributed by atoms with Gasteiger partial charge in [-0.05, 0) is 50.2 Å². The molecule has 5 rings (SSSR count). The van der Waals surface area contributed by atoms with Crippen LogP contribution in [0.4, 0.5) is 0 Å². The summed E-state index contributed by atoms with van der Waals surface area (Å²) < 4.78 is 7.49. The molecule has 4 N–H and O–H groups in total. The van der Waals surface area contributed by atoms with E-state index in [0.29, 0.717) is 45.5 Å². The summed E-state index contributed by atoms with van der Waals surface area (Å²) in [6.07, 6.45) is 6.74. The molecule has 36 heavy (non-hydrogen) atoms. The number of piperidine rings is 1. The van der Waals surface area contributed by atoms with Gasteiger partial charge in [0, 0.05) is 69.1 Å². The highest BCUT2D eigenvalue weighted by molar-refractivity contribution is 6.07. The average molecular weight is 496 g/mol. The van der Waals surface area contributed by atoms with Crippen molar-refractivity contribution in [2.24, 2.45) is 17.1 Å². The Morgan fingerprint density at radius 1 is 1.22 bits per heavy atom. The number of benzene rings is 1. The largest absolute Gasteiger partial charge is 0.385 e. The minimum atomic E-state index is -1.05. The van der Waals surface area contributed by atoms with Gasteiger partial charge < -0.3 is 30.6 Å². The van der Waals surface area contributed by atoms with Crippen molar-refractivity contribution in [1.82, 2.24) is 20.1 Å². The van der Waals surface area contributed by atoms with Crippen molar-refractivity contribution < 1.29 is 19.1 Å². The van der Waals surface area contributed by atoms with Gasteiger partial charge in [-0.15, -0.1) is 0 Å². The minimum absolute atomic E-state index is 0.135. The van der Waals surface area contributed by atoms with Crippen LogP contribution in [0.25, 0.3) is 10.9 Å². The van der Waals surface area contributed by atoms with Crippen LogP contribution in [0.3, 0.4) is 0 Å². The zero-order chi connectivity index (χ0) is 25.3. The second-order valence-corrected chi connectivity index (χ2v) is 10.6. The van der Waals surface area contributed by atoms with Gasteiger partial charge in [0.15, 0.2) is 0 Å². The van der Waals surface area contributed by atoms with Gasteiger partial charge in [-0.1, -0.05) is 18.2 Å². The Labute approximate surface area is 211 Å². The second kappa shape index (κ2) is 10.2. The molecule has 9 nitrogen and oxygen atoms in total. The van der Waals surface area contributed by atoms with Gasteiger partial charge in [0.2, 0.25) is 17.7 Å². The lowest BCUT2D eigenvalue weighted by Gasteiger charge is -2.34. The van der Waals surface area contributed by atoms with Gasteiger partial charge in [-0.3, -0.25) is 14.4 Å². The molecule has 3 aliphatic rings. The lowest BCUT2D eigenvalue weighted by molar-refractivity contribution is -0.139. The van der Waals surface area contributed by atoms with Crippen LogP contribution >= 0.6 is 0 Å². The number of carbonyl (C=O) groups excluding carboxylic acids is 3. The highest BCUT2D eigenvalue weighted by atomic mass is 16.5. The van der Waals surface area contributed by atoms with E-state index < -0.39 is 11.3 Å². The van der Waals surface area contributed by atoms with Crippen LogP contribution in [-0.4, -0.2) is 66.1 Å². The first-order valence-electron chi connectivity index (χ1n) is 13.1. The lowest BCUT2D eigenvalue weighted by Crippen LogP contribution is -2.55. The quantitative estimate of drug-likeness (QED) is 0.323. The number of aromatic nitrogens is 1. The summed E-state index contributed by atoms with van der Waals surface area (Å²) in [4.78, 5) is 40.2. The molecule has 0 spiro atoms. The molecule has 1 aromatic heterocycles. The van der Waals surface area contributed by atoms with Gasteiger partial charge in [0.05, 0.1) is 5.92 Å². The van der Waals surface area contributed by atoms with E-state index in [1.165, 1.54) is 10.9 Å². The van der Waals surface area contributed by atoms with E-state index in [1.54, 1.807) is 7.11 Å². The first-order valence-corrected chi connectivity index (χ1v) is 13.1. The number of fused-ring (bicyclic) bond motifs is 1. The monoisotopic (exact) mass is 495 g/mol. The van der Waals surface area contributed by atoms with Crippen molar-refractivity contribution in [3.05, 3.63) is 36.0 Å². The number of carbonyl (C=O) groups is 3. The normalized spacial score (nSPS) is 22.8. The molecule has 0 radical (unpaired) electrons. The number of hydrogen-bond donors (Lipinski definition) is 3. The van der Waals surface area contributed by atoms with Crippen molar-refractivity contribution in [1.29, 1.82) is 0 Å². The van der Waals surface area contributed by atoms with Crippen molar-refractivity contribution in [3.8, 4) is 0 Å². The van der Waals surface area contributed by atoms with E-state index >= 15 is 0 Å². The number of nitrogens with two attached hydrogens (primary N) is 1. The molecule has 2 atom stereocenters. The number of methoxy groups -OCH3 is 1. The van der Waals surface area contributed by atoms with Crippen LogP contribution in [0.2, 0.25) is 0 Å². The van der Waals surface area contributed by atoms with Gasteiger partial charge in [-0.2, -0.15) is 0 Å². The minimum Gasteiger partial charge on any atom is -0.385 e. The third-order valence-electron chi connectivity index (χ3n) is 7.92. The average Bonchev–Trinajstić information content (AvgIpc) is 3.80. The summed E-state index contributed by atoms with van der Waals surface area (Å²) in [6, 6.07) is 8.44. The molecule has 1 saturated heterocycles. The lowest BCUT2D eigenvalue weighted by atomic mass is 9.93. The number of nitrogens with one attached hydrogen (secondary N) is 2. The fraction of sp³-hybridized carbons (Fsp3) is 0.593. The molecule has 3 amide bonds. The van der Waals surface area contributed by atoms with Gasteiger partial charge >= 0.3 is 0 Å². The molecule has 2 unspecified atom stereocenters. The molecule has 194 valence electrons. The van der Waals surface area contributed by atoms with Crippen molar-refractivity contribution >= 4 is 28.6 Å². The molecule has 1 aromatic carbocycles. The van der Waals surface area contributed by atoms with E-state index in [9.17, 15) is 14.4 Å². The number of amides is 3. The molecule has 1 aliphatic heterocycles. The Kier molecular flexibility index (Phi) is 7.03. The molecule has 2 aromatic rings. The Bertz CT molecular complexity index is 1140. The summed E-state index contributed by atoms with van der Waals surface area (Å²) in [7, 11) is 1.72. The van der Waals surface area contributed by atoms with E-state index in [-0.39, 0.29) is 29.8 Å². The summed E-state index contributed by atoms with van der Waals surface area (Å²) in [6.45, 7) is 3.34. The maximum Gasteiger partial charge on any atom is 0.235 e. The molecule has 2 aliphatic carbocycles. The number of primary amides is 1. The van der Waals surface area contributed by atoms with Gasteiger partial charge in [0.25, 0.3) is 0 Å². The van der Waals surface area contributed by atoms with Crippen molar-refractivity contribution in [2.75, 3.05) is 26.8 Å². The van der Waals surface area contributed by atoms with Gasteiger partial charge in [0.1, 0.15) is 5.41 Å². The van der Waals surface area contributed by atoms with E-state index in [4.69, 9.17) is 10.5 Å². The van der Waals surface area contributed by atoms with E-state index in [1.807, 2.05) is 11.0 Å². The van der Waals surface area contributed by atoms with Crippen LogP contribution in [0, 0.1) is 11.3 Å². The molecule has 2 heterocycles. The first-order chi connectivity index (χ1) is 17.4. The third-order valence-corrected chi connectivity index (χ3v) is 7.92.